The molecular weight excluding hydrogens is 327 g/mol. The van der Waals surface area contributed by atoms with E-state index in [0.717, 1.165) is 11.1 Å². The molecule has 1 amide bonds. The van der Waals surface area contributed by atoms with Gasteiger partial charge in [-0.3, -0.25) is 4.79 Å². The second kappa shape index (κ2) is 6.64. The Kier molecular flexibility index (Phi) is 4.17. The number of nitrogens with zero attached hydrogens (tertiary/aromatic N) is 1. The largest absolute Gasteiger partial charge is 0.361 e. The predicted molar refractivity (Wildman–Crippen MR) is 100 cm³/mol. The summed E-state index contributed by atoms with van der Waals surface area (Å²) in [7, 11) is 0. The Morgan fingerprint density at radius 1 is 1.00 bits per heavy atom. The number of amides is 1. The molecule has 0 saturated carbocycles. The van der Waals surface area contributed by atoms with Crippen LogP contribution < -0.4 is 5.32 Å². The van der Waals surface area contributed by atoms with Gasteiger partial charge in [-0.15, -0.1) is 0 Å². The van der Waals surface area contributed by atoms with Gasteiger partial charge in [-0.1, -0.05) is 54.6 Å². The third kappa shape index (κ3) is 2.94. The number of carbonyl (C=O) groups is 1. The second-order valence-electron chi connectivity index (χ2n) is 6.52. The first-order valence-corrected chi connectivity index (χ1v) is 8.60. The van der Waals surface area contributed by atoms with Crippen molar-refractivity contribution in [1.82, 2.24) is 4.90 Å². The van der Waals surface area contributed by atoms with Crippen molar-refractivity contribution in [3.63, 3.8) is 0 Å². The van der Waals surface area contributed by atoms with Crippen LogP contribution in [0.25, 0.3) is 0 Å². The molecule has 0 bridgehead atoms. The molecule has 1 heterocycles. The molecule has 1 atom stereocenters. The zero-order valence-electron chi connectivity index (χ0n) is 14.4. The van der Waals surface area contributed by atoms with Crippen molar-refractivity contribution >= 4 is 11.6 Å². The minimum atomic E-state index is -0.332. The van der Waals surface area contributed by atoms with Crippen molar-refractivity contribution in [2.75, 3.05) is 5.32 Å². The summed E-state index contributed by atoms with van der Waals surface area (Å²) in [6, 6.07) is 22.5. The molecule has 3 nitrogen and oxygen atoms in total. The van der Waals surface area contributed by atoms with Crippen LogP contribution >= 0.6 is 0 Å². The lowest BCUT2D eigenvalue weighted by molar-refractivity contribution is 0.0729. The number of benzene rings is 3. The highest BCUT2D eigenvalue weighted by molar-refractivity contribution is 5.99. The summed E-state index contributed by atoms with van der Waals surface area (Å²) in [5.74, 6) is -0.281. The third-order valence-electron chi connectivity index (χ3n) is 4.73. The lowest BCUT2D eigenvalue weighted by atomic mass is 10.1. The molecule has 26 heavy (non-hydrogen) atoms. The molecule has 1 N–H and O–H groups in total. The van der Waals surface area contributed by atoms with Crippen LogP contribution in [0.5, 0.6) is 0 Å². The van der Waals surface area contributed by atoms with Crippen LogP contribution in [0.15, 0.2) is 72.8 Å². The zero-order chi connectivity index (χ0) is 18.1. The number of nitrogens with one attached hydrogen (secondary N) is 1. The number of halogens is 1. The summed E-state index contributed by atoms with van der Waals surface area (Å²) in [4.78, 5) is 14.7. The molecule has 0 aromatic heterocycles. The molecule has 0 radical (unpaired) electrons. The monoisotopic (exact) mass is 346 g/mol. The maximum absolute atomic E-state index is 13.9. The van der Waals surface area contributed by atoms with Crippen LogP contribution in [0.3, 0.4) is 0 Å². The Hall–Kier alpha value is -3.14. The van der Waals surface area contributed by atoms with Gasteiger partial charge in [0.25, 0.3) is 5.91 Å². The first kappa shape index (κ1) is 16.3. The predicted octanol–water partition coefficient (Wildman–Crippen LogP) is 4.90. The first-order valence-electron chi connectivity index (χ1n) is 8.60. The average Bonchev–Trinajstić information content (AvgIpc) is 2.92. The number of hydrogen-bond acceptors (Lipinski definition) is 2. The molecule has 1 aliphatic rings. The highest BCUT2D eigenvalue weighted by atomic mass is 19.1. The van der Waals surface area contributed by atoms with Crippen LogP contribution in [-0.2, 0) is 6.54 Å². The fourth-order valence-electron chi connectivity index (χ4n) is 3.31. The Labute approximate surface area is 152 Å². The fraction of sp³-hybridized carbons (Fsp3) is 0.136. The number of carbonyl (C=O) groups excluding carboxylic acids is 1. The summed E-state index contributed by atoms with van der Waals surface area (Å²) in [6.07, 6.45) is -0.332. The molecule has 0 spiro atoms. The van der Waals surface area contributed by atoms with E-state index in [1.807, 2.05) is 60.7 Å². The van der Waals surface area contributed by atoms with E-state index in [1.54, 1.807) is 17.9 Å². The van der Waals surface area contributed by atoms with Gasteiger partial charge in [-0.05, 0) is 36.2 Å². The Bertz CT molecular complexity index is 955. The number of aryl methyl sites for hydroxylation is 1. The maximum atomic E-state index is 13.9. The molecular formula is C22H19FN2O. The minimum Gasteiger partial charge on any atom is -0.361 e. The first-order chi connectivity index (χ1) is 12.6. The van der Waals surface area contributed by atoms with E-state index < -0.39 is 0 Å². The van der Waals surface area contributed by atoms with Gasteiger partial charge in [0.15, 0.2) is 0 Å². The molecule has 130 valence electrons. The van der Waals surface area contributed by atoms with E-state index in [1.165, 1.54) is 6.07 Å². The van der Waals surface area contributed by atoms with E-state index in [0.29, 0.717) is 23.4 Å². The molecule has 0 saturated heterocycles. The summed E-state index contributed by atoms with van der Waals surface area (Å²) in [5.41, 5.74) is 3.90. The van der Waals surface area contributed by atoms with Gasteiger partial charge in [0.05, 0.1) is 0 Å². The summed E-state index contributed by atoms with van der Waals surface area (Å²) in [6.45, 7) is 2.22. The average molecular weight is 346 g/mol. The third-order valence-corrected chi connectivity index (χ3v) is 4.73. The maximum Gasteiger partial charge on any atom is 0.256 e. The van der Waals surface area contributed by atoms with E-state index in [-0.39, 0.29) is 17.9 Å². The van der Waals surface area contributed by atoms with Crippen LogP contribution in [0.2, 0.25) is 0 Å². The van der Waals surface area contributed by atoms with Crippen LogP contribution in [-0.4, -0.2) is 10.8 Å². The Balaban J connectivity index is 1.69. The normalized spacial score (nSPS) is 15.8. The highest BCUT2D eigenvalue weighted by Crippen LogP contribution is 2.35. The molecule has 1 aliphatic heterocycles. The smallest absolute Gasteiger partial charge is 0.256 e. The van der Waals surface area contributed by atoms with E-state index in [2.05, 4.69) is 5.32 Å². The second-order valence-corrected chi connectivity index (χ2v) is 6.52. The van der Waals surface area contributed by atoms with Gasteiger partial charge in [-0.2, -0.15) is 0 Å². The van der Waals surface area contributed by atoms with Gasteiger partial charge < -0.3 is 10.2 Å². The molecule has 1 unspecified atom stereocenters. The van der Waals surface area contributed by atoms with Crippen molar-refractivity contribution in [1.29, 1.82) is 0 Å². The standard InChI is InChI=1S/C22H19FN2O/c1-15-11-12-17(13-20(15)23)24-21-18-9-5-6-10-19(18)22(26)25(21)14-16-7-3-2-4-8-16/h2-13,21,24H,14H2,1H3. The van der Waals surface area contributed by atoms with E-state index in [4.69, 9.17) is 0 Å². The molecule has 4 rings (SSSR count). The van der Waals surface area contributed by atoms with Crippen LogP contribution in [0.1, 0.15) is 33.2 Å². The van der Waals surface area contributed by atoms with Crippen LogP contribution in [0, 0.1) is 12.7 Å². The summed E-state index contributed by atoms with van der Waals surface area (Å²) >= 11 is 0. The van der Waals surface area contributed by atoms with E-state index in [9.17, 15) is 9.18 Å². The molecule has 3 aromatic carbocycles. The summed E-state index contributed by atoms with van der Waals surface area (Å²) < 4.78 is 13.9. The Morgan fingerprint density at radius 3 is 2.50 bits per heavy atom. The zero-order valence-corrected chi connectivity index (χ0v) is 14.4. The van der Waals surface area contributed by atoms with E-state index >= 15 is 0 Å². The fourth-order valence-corrected chi connectivity index (χ4v) is 3.31. The highest BCUT2D eigenvalue weighted by Gasteiger charge is 2.36. The Morgan fingerprint density at radius 2 is 1.73 bits per heavy atom. The summed E-state index contributed by atoms with van der Waals surface area (Å²) in [5, 5.41) is 3.33. The SMILES string of the molecule is Cc1ccc(NC2c3ccccc3C(=O)N2Cc2ccccc2)cc1F. The van der Waals surface area contributed by atoms with Gasteiger partial charge >= 0.3 is 0 Å². The number of anilines is 1. The minimum absolute atomic E-state index is 0.0189. The lowest BCUT2D eigenvalue weighted by Gasteiger charge is -2.27. The quantitative estimate of drug-likeness (QED) is 0.729. The molecule has 3 aromatic rings. The van der Waals surface area contributed by atoms with Crippen molar-refractivity contribution in [2.24, 2.45) is 0 Å². The number of hydrogen-bond donors (Lipinski definition) is 1. The number of rotatable bonds is 4. The van der Waals surface area contributed by atoms with Gasteiger partial charge in [-0.25, -0.2) is 4.39 Å². The van der Waals surface area contributed by atoms with Gasteiger partial charge in [0.1, 0.15) is 12.0 Å². The van der Waals surface area contributed by atoms with Crippen LogP contribution in [0.4, 0.5) is 10.1 Å². The molecule has 0 aliphatic carbocycles. The van der Waals surface area contributed by atoms with Gasteiger partial charge in [0.2, 0.25) is 0 Å². The molecule has 0 fully saturated rings. The van der Waals surface area contributed by atoms with Crippen molar-refractivity contribution < 1.29 is 9.18 Å². The van der Waals surface area contributed by atoms with Crippen molar-refractivity contribution in [3.8, 4) is 0 Å². The van der Waals surface area contributed by atoms with Gasteiger partial charge in [0, 0.05) is 23.4 Å². The lowest BCUT2D eigenvalue weighted by Crippen LogP contribution is -2.31. The van der Waals surface area contributed by atoms with Crippen molar-refractivity contribution in [3.05, 3.63) is 101 Å². The molecule has 4 heteroatoms. The topological polar surface area (TPSA) is 32.3 Å². The van der Waals surface area contributed by atoms with Crippen molar-refractivity contribution in [2.45, 2.75) is 19.6 Å². The number of fused-ring (bicyclic) bond motifs is 1.